The van der Waals surface area contributed by atoms with Gasteiger partial charge in [0.25, 0.3) is 0 Å². The van der Waals surface area contributed by atoms with Crippen molar-refractivity contribution in [3.8, 4) is 0 Å². The second kappa shape index (κ2) is 5.20. The van der Waals surface area contributed by atoms with E-state index in [0.717, 1.165) is 0 Å². The maximum Gasteiger partial charge on any atom is 0.382 e. The molecule has 0 heterocycles. The third-order valence-electron chi connectivity index (χ3n) is 0.951. The minimum absolute atomic E-state index is 0.717. The van der Waals surface area contributed by atoms with Crippen LogP contribution < -0.4 is 10.3 Å². The molecule has 0 fully saturated rings. The first-order valence-corrected chi connectivity index (χ1v) is 6.44. The lowest BCUT2D eigenvalue weighted by Gasteiger charge is -2.01. The Morgan fingerprint density at radius 1 is 0.812 bits per heavy atom. The van der Waals surface area contributed by atoms with E-state index in [1.54, 1.807) is 0 Å². The van der Waals surface area contributed by atoms with Crippen LogP contribution in [-0.2, 0) is 38.6 Å². The molecule has 0 unspecified atom stereocenters. The molecular weight excluding hydrogens is 268 g/mol. The van der Waals surface area contributed by atoms with Gasteiger partial charge < -0.3 is 8.37 Å². The fourth-order valence-corrected chi connectivity index (χ4v) is 1.23. The van der Waals surface area contributed by atoms with Crippen molar-refractivity contribution in [1.29, 1.82) is 0 Å². The summed E-state index contributed by atoms with van der Waals surface area (Å²) in [5, 5.41) is 8.68. The lowest BCUT2D eigenvalue weighted by Crippen LogP contribution is -2.23. The lowest BCUT2D eigenvalue weighted by molar-refractivity contribution is -0.140. The molecule has 0 aliphatic carbocycles. The van der Waals surface area contributed by atoms with Crippen LogP contribution in [0.25, 0.3) is 0 Å². The van der Waals surface area contributed by atoms with E-state index in [2.05, 4.69) is 18.6 Å². The maximum absolute atomic E-state index is 10.7. The number of rotatable bonds is 5. The Hall–Kier alpha value is -1.24. The van der Waals surface area contributed by atoms with Crippen LogP contribution in [-0.4, -0.2) is 28.8 Å². The van der Waals surface area contributed by atoms with Crippen LogP contribution >= 0.6 is 0 Å². The summed E-state index contributed by atoms with van der Waals surface area (Å²) in [6, 6.07) is 0. The zero-order valence-corrected chi connectivity index (χ0v) is 9.28. The molecule has 10 nitrogen and oxygen atoms in total. The van der Waals surface area contributed by atoms with E-state index in [-0.39, 0.29) is 0 Å². The van der Waals surface area contributed by atoms with Crippen molar-refractivity contribution in [2.75, 3.05) is 0 Å². The van der Waals surface area contributed by atoms with Crippen molar-refractivity contribution in [3.63, 3.8) is 0 Å². The van der Waals surface area contributed by atoms with Crippen molar-refractivity contribution in [2.45, 2.75) is 12.8 Å². The molecule has 0 aliphatic heterocycles. The van der Waals surface area contributed by atoms with Crippen LogP contribution in [0.5, 0.6) is 0 Å². The molecule has 0 aromatic heterocycles. The molecule has 0 radical (unpaired) electrons. The second-order valence-electron chi connectivity index (χ2n) is 2.40. The van der Waals surface area contributed by atoms with Gasteiger partial charge in [-0.2, -0.15) is 27.1 Å². The van der Waals surface area contributed by atoms with Crippen LogP contribution in [0.4, 0.5) is 0 Å². The van der Waals surface area contributed by atoms with E-state index in [1.165, 1.54) is 0 Å². The summed E-state index contributed by atoms with van der Waals surface area (Å²) in [7, 11) is -8.90. The molecule has 0 rings (SSSR count). The Labute approximate surface area is 91.0 Å². The van der Waals surface area contributed by atoms with Crippen molar-refractivity contribution in [3.05, 3.63) is 0 Å². The van der Waals surface area contributed by atoms with E-state index in [0.29, 0.717) is 0 Å². The number of carbonyl (C=O) groups is 2. The zero-order valence-electron chi connectivity index (χ0n) is 7.65. The Bertz CT molecular complexity index is 430. The molecule has 0 aliphatic rings. The average Bonchev–Trinajstić information content (AvgIpc) is 1.94. The van der Waals surface area contributed by atoms with Crippen molar-refractivity contribution >= 4 is 32.5 Å². The van der Waals surface area contributed by atoms with Gasteiger partial charge in [-0.3, -0.25) is 9.59 Å². The molecule has 0 amide bonds. The largest absolute Gasteiger partial charge is 0.382 e. The summed E-state index contributed by atoms with van der Waals surface area (Å²) < 4.78 is 48.2. The molecule has 0 atom stereocenters. The van der Waals surface area contributed by atoms with Gasteiger partial charge in [0.05, 0.1) is 12.8 Å². The predicted octanol–water partition coefficient (Wildman–Crippen LogP) is -2.74. The van der Waals surface area contributed by atoms with Crippen LogP contribution in [0.3, 0.4) is 0 Å². The van der Waals surface area contributed by atoms with Crippen LogP contribution in [0.1, 0.15) is 12.8 Å². The Morgan fingerprint density at radius 2 is 1.06 bits per heavy atom. The van der Waals surface area contributed by atoms with Crippen molar-refractivity contribution in [1.82, 2.24) is 0 Å². The standard InChI is InChI=1S/C4H8N2O8S2/c5-15(9,10)13-3(7)1-2-4(8)14-16(6,11)12/h1-2H2,(H2,5,9,10)(H2,6,11,12). The van der Waals surface area contributed by atoms with Crippen LogP contribution in [0.2, 0.25) is 0 Å². The minimum Gasteiger partial charge on any atom is -0.334 e. The molecule has 0 spiro atoms. The molecule has 94 valence electrons. The van der Waals surface area contributed by atoms with Gasteiger partial charge in [0.1, 0.15) is 0 Å². The highest BCUT2D eigenvalue weighted by Gasteiger charge is 2.16. The summed E-state index contributed by atoms with van der Waals surface area (Å²) >= 11 is 0. The topological polar surface area (TPSA) is 173 Å². The van der Waals surface area contributed by atoms with E-state index >= 15 is 0 Å². The summed E-state index contributed by atoms with van der Waals surface area (Å²) in [6.45, 7) is 0. The molecule has 0 bridgehead atoms. The van der Waals surface area contributed by atoms with Gasteiger partial charge in [0.2, 0.25) is 0 Å². The van der Waals surface area contributed by atoms with Crippen molar-refractivity contribution in [2.24, 2.45) is 10.3 Å². The first-order valence-electron chi connectivity index (χ1n) is 3.50. The summed E-state index contributed by atoms with van der Waals surface area (Å²) in [5.41, 5.74) is 0. The van der Waals surface area contributed by atoms with Gasteiger partial charge >= 0.3 is 32.5 Å². The molecule has 0 saturated carbocycles. The highest BCUT2D eigenvalue weighted by atomic mass is 32.2. The molecule has 4 N–H and O–H groups in total. The Kier molecular flexibility index (Phi) is 4.80. The smallest absolute Gasteiger partial charge is 0.334 e. The molecule has 12 heteroatoms. The third-order valence-corrected chi connectivity index (χ3v) is 1.79. The monoisotopic (exact) mass is 276 g/mol. The van der Waals surface area contributed by atoms with E-state index in [9.17, 15) is 26.4 Å². The first kappa shape index (κ1) is 14.8. The van der Waals surface area contributed by atoms with Crippen LogP contribution in [0, 0.1) is 0 Å². The number of hydrogen-bond acceptors (Lipinski definition) is 8. The SMILES string of the molecule is NS(=O)(=O)OC(=O)CCC(=O)OS(N)(=O)=O. The van der Waals surface area contributed by atoms with Gasteiger partial charge in [-0.05, 0) is 0 Å². The zero-order chi connectivity index (χ0) is 13.0. The van der Waals surface area contributed by atoms with Gasteiger partial charge in [0.15, 0.2) is 0 Å². The predicted molar refractivity (Wildman–Crippen MR) is 47.6 cm³/mol. The fourth-order valence-electron chi connectivity index (χ4n) is 0.547. The van der Waals surface area contributed by atoms with Gasteiger partial charge in [0, 0.05) is 0 Å². The van der Waals surface area contributed by atoms with E-state index in [4.69, 9.17) is 0 Å². The normalized spacial score (nSPS) is 11.9. The Morgan fingerprint density at radius 3 is 1.25 bits per heavy atom. The molecule has 0 aromatic rings. The number of carbonyl (C=O) groups excluding carboxylic acids is 2. The Balaban J connectivity index is 4.08. The summed E-state index contributed by atoms with van der Waals surface area (Å²) in [6.07, 6.45) is -1.43. The first-order chi connectivity index (χ1) is 6.99. The molecule has 16 heavy (non-hydrogen) atoms. The molecule has 0 saturated heterocycles. The maximum atomic E-state index is 10.7. The van der Waals surface area contributed by atoms with Gasteiger partial charge in [-0.15, -0.1) is 0 Å². The lowest BCUT2D eigenvalue weighted by atomic mass is 10.3. The van der Waals surface area contributed by atoms with Gasteiger partial charge in [-0.25, -0.2) is 0 Å². The highest BCUT2D eigenvalue weighted by Crippen LogP contribution is 1.99. The fraction of sp³-hybridized carbons (Fsp3) is 0.500. The molecule has 0 aromatic carbocycles. The second-order valence-corrected chi connectivity index (χ2v) is 4.70. The minimum atomic E-state index is -4.45. The van der Waals surface area contributed by atoms with Crippen LogP contribution in [0.15, 0.2) is 0 Å². The van der Waals surface area contributed by atoms with Crippen molar-refractivity contribution < 1.29 is 34.8 Å². The highest BCUT2D eigenvalue weighted by molar-refractivity contribution is 7.85. The van der Waals surface area contributed by atoms with E-state index < -0.39 is 45.4 Å². The average molecular weight is 276 g/mol. The molecular formula is C4H8N2O8S2. The van der Waals surface area contributed by atoms with E-state index in [1.807, 2.05) is 0 Å². The number of nitrogens with two attached hydrogens (primary N) is 2. The number of hydrogen-bond donors (Lipinski definition) is 2. The summed E-state index contributed by atoms with van der Waals surface area (Å²) in [4.78, 5) is 21.3. The van der Waals surface area contributed by atoms with Gasteiger partial charge in [-0.1, -0.05) is 0 Å². The third kappa shape index (κ3) is 9.32. The summed E-state index contributed by atoms with van der Waals surface area (Å²) in [5.74, 6) is -2.65. The quantitative estimate of drug-likeness (QED) is 0.543.